The molecule has 0 aromatic carbocycles. The van der Waals surface area contributed by atoms with E-state index in [1.807, 2.05) is 0 Å². The summed E-state index contributed by atoms with van der Waals surface area (Å²) in [5, 5.41) is 0. The second kappa shape index (κ2) is 7.63. The molecule has 0 N–H and O–H groups in total. The number of hydrogen-bond donors (Lipinski definition) is 0. The Morgan fingerprint density at radius 3 is 1.43 bits per heavy atom. The van der Waals surface area contributed by atoms with Crippen LogP contribution in [0.15, 0.2) is 12.2 Å². The summed E-state index contributed by atoms with van der Waals surface area (Å²) in [5.41, 5.74) is -2.69. The molecule has 0 aromatic rings. The van der Waals surface area contributed by atoms with E-state index in [1.165, 1.54) is 13.8 Å². The lowest BCUT2D eigenvalue weighted by molar-refractivity contribution is -0.271. The molecule has 0 saturated heterocycles. The highest BCUT2D eigenvalue weighted by Gasteiger charge is 2.68. The van der Waals surface area contributed by atoms with Gasteiger partial charge in [0.05, 0.1) is 0 Å². The molecule has 4 fully saturated rings. The average Bonchev–Trinajstić information content (AvgIpc) is 2.49. The number of hydrogen-bond acceptors (Lipinski definition) is 8. The Hall–Kier alpha value is -2.51. The molecule has 4 aliphatic rings. The quantitative estimate of drug-likeness (QED) is 0.255. The number of rotatable bonds is 8. The van der Waals surface area contributed by atoms with Gasteiger partial charge in [-0.2, -0.15) is 0 Å². The number of esters is 3. The molecule has 8 nitrogen and oxygen atoms in total. The van der Waals surface area contributed by atoms with Crippen molar-refractivity contribution in [1.29, 1.82) is 0 Å². The Bertz CT molecular complexity index is 779. The number of ketones is 2. The fraction of sp³-hybridized carbons (Fsp3) is 0.682. The number of carbonyl (C=O) groups excluding carboxylic acids is 5. The van der Waals surface area contributed by atoms with Crippen LogP contribution in [0.5, 0.6) is 0 Å². The molecule has 164 valence electrons. The minimum absolute atomic E-state index is 0.00873. The average molecular weight is 420 g/mol. The van der Waals surface area contributed by atoms with Gasteiger partial charge in [0.25, 0.3) is 0 Å². The molecule has 4 saturated carbocycles. The van der Waals surface area contributed by atoms with Crippen molar-refractivity contribution in [2.45, 2.75) is 88.9 Å². The molecule has 0 spiro atoms. The van der Waals surface area contributed by atoms with Gasteiger partial charge in [-0.05, 0) is 46.0 Å². The molecule has 0 amide bonds. The van der Waals surface area contributed by atoms with Crippen LogP contribution in [0.1, 0.15) is 72.1 Å². The number of carbonyl (C=O) groups is 5. The summed E-state index contributed by atoms with van der Waals surface area (Å²) in [7, 11) is 0. The molecular formula is C22H28O8. The lowest BCUT2D eigenvalue weighted by atomic mass is 9.50. The lowest BCUT2D eigenvalue weighted by Gasteiger charge is -2.63. The zero-order valence-electron chi connectivity index (χ0n) is 17.7. The van der Waals surface area contributed by atoms with Gasteiger partial charge in [0, 0.05) is 24.8 Å². The summed E-state index contributed by atoms with van der Waals surface area (Å²) in [6, 6.07) is 0. The summed E-state index contributed by atoms with van der Waals surface area (Å²) < 4.78 is 17.4. The van der Waals surface area contributed by atoms with Crippen LogP contribution in [0.4, 0.5) is 0 Å². The van der Waals surface area contributed by atoms with E-state index in [2.05, 4.69) is 6.58 Å². The Kier molecular flexibility index (Phi) is 5.64. The van der Waals surface area contributed by atoms with Crippen molar-refractivity contribution in [3.63, 3.8) is 0 Å². The van der Waals surface area contributed by atoms with Crippen molar-refractivity contribution < 1.29 is 38.2 Å². The SMILES string of the molecule is C=C(C)C(=O)OC12CC3CC(OC(=O)CC(C)=O)(CC(OC(=O)CC(C)=O)(C3)C1)C2. The van der Waals surface area contributed by atoms with Crippen LogP contribution in [0, 0.1) is 5.92 Å². The van der Waals surface area contributed by atoms with E-state index >= 15 is 0 Å². The molecule has 2 unspecified atom stereocenters. The molecule has 8 heteroatoms. The van der Waals surface area contributed by atoms with Crippen LogP contribution in [-0.4, -0.2) is 46.3 Å². The second-order valence-corrected chi connectivity index (χ2v) is 9.43. The van der Waals surface area contributed by atoms with Gasteiger partial charge < -0.3 is 14.2 Å². The summed E-state index contributed by atoms with van der Waals surface area (Å²) in [6.07, 6.45) is 1.81. The minimum atomic E-state index is -0.988. The van der Waals surface area contributed by atoms with Crippen molar-refractivity contribution in [2.24, 2.45) is 5.92 Å². The molecule has 4 aliphatic carbocycles. The maximum atomic E-state index is 12.3. The molecule has 4 rings (SSSR count). The monoisotopic (exact) mass is 420 g/mol. The molecule has 0 aliphatic heterocycles. The maximum absolute atomic E-state index is 12.3. The molecule has 0 aromatic heterocycles. The smallest absolute Gasteiger partial charge is 0.333 e. The van der Waals surface area contributed by atoms with Gasteiger partial charge in [-0.15, -0.1) is 0 Å². The summed E-state index contributed by atoms with van der Waals surface area (Å²) in [6.45, 7) is 7.79. The Morgan fingerprint density at radius 1 is 0.733 bits per heavy atom. The zero-order valence-corrected chi connectivity index (χ0v) is 17.7. The molecule has 0 radical (unpaired) electrons. The van der Waals surface area contributed by atoms with Crippen molar-refractivity contribution >= 4 is 29.5 Å². The third kappa shape index (κ3) is 4.63. The standard InChI is InChI=1S/C22H28O8/c1-13(2)19(27)30-22-9-16-7-20(11-22,28-17(25)5-14(3)23)10-21(8-16,12-22)29-18(26)6-15(4)24/h16H,1,5-12H2,2-4H3. The topological polar surface area (TPSA) is 113 Å². The van der Waals surface area contributed by atoms with Crippen molar-refractivity contribution in [3.8, 4) is 0 Å². The fourth-order valence-corrected chi connectivity index (χ4v) is 5.76. The largest absolute Gasteiger partial charge is 0.458 e. The van der Waals surface area contributed by atoms with Crippen molar-refractivity contribution in [2.75, 3.05) is 0 Å². The number of ether oxygens (including phenoxy) is 3. The number of Topliss-reactive ketones (excluding diaryl/α,β-unsaturated/α-hetero) is 2. The molecule has 30 heavy (non-hydrogen) atoms. The van der Waals surface area contributed by atoms with Gasteiger partial charge in [-0.1, -0.05) is 6.58 Å². The first-order valence-corrected chi connectivity index (χ1v) is 10.2. The van der Waals surface area contributed by atoms with Gasteiger partial charge in [0.1, 0.15) is 41.2 Å². The molecule has 0 heterocycles. The second-order valence-electron chi connectivity index (χ2n) is 9.43. The van der Waals surface area contributed by atoms with E-state index in [0.717, 1.165) is 0 Å². The van der Waals surface area contributed by atoms with Crippen LogP contribution in [0.3, 0.4) is 0 Å². The summed E-state index contributed by atoms with van der Waals surface area (Å²) in [4.78, 5) is 59.7. The fourth-order valence-electron chi connectivity index (χ4n) is 5.76. The van der Waals surface area contributed by atoms with Crippen LogP contribution >= 0.6 is 0 Å². The van der Waals surface area contributed by atoms with E-state index in [4.69, 9.17) is 14.2 Å². The third-order valence-corrected chi connectivity index (χ3v) is 6.02. The van der Waals surface area contributed by atoms with E-state index < -0.39 is 34.7 Å². The van der Waals surface area contributed by atoms with Crippen molar-refractivity contribution in [1.82, 2.24) is 0 Å². The normalized spacial score (nSPS) is 33.5. The molecular weight excluding hydrogens is 392 g/mol. The maximum Gasteiger partial charge on any atom is 0.333 e. The Morgan fingerprint density at radius 2 is 1.10 bits per heavy atom. The third-order valence-electron chi connectivity index (χ3n) is 6.02. The van der Waals surface area contributed by atoms with Gasteiger partial charge in [-0.25, -0.2) is 4.79 Å². The lowest BCUT2D eigenvalue weighted by Crippen LogP contribution is -2.69. The van der Waals surface area contributed by atoms with Crippen LogP contribution < -0.4 is 0 Å². The molecule has 4 bridgehead atoms. The van der Waals surface area contributed by atoms with Gasteiger partial charge in [0.15, 0.2) is 0 Å². The first-order valence-electron chi connectivity index (χ1n) is 10.2. The highest BCUT2D eigenvalue weighted by molar-refractivity contribution is 5.95. The van der Waals surface area contributed by atoms with Gasteiger partial charge in [-0.3, -0.25) is 19.2 Å². The first-order chi connectivity index (χ1) is 13.9. The minimum Gasteiger partial charge on any atom is -0.458 e. The first kappa shape index (κ1) is 22.2. The zero-order chi connectivity index (χ0) is 22.3. The highest BCUT2D eigenvalue weighted by atomic mass is 16.6. The van der Waals surface area contributed by atoms with Crippen molar-refractivity contribution in [3.05, 3.63) is 12.2 Å². The highest BCUT2D eigenvalue weighted by Crippen LogP contribution is 2.63. The van der Waals surface area contributed by atoms with Crippen LogP contribution in [-0.2, 0) is 38.2 Å². The Balaban J connectivity index is 1.91. The van der Waals surface area contributed by atoms with Gasteiger partial charge in [0.2, 0.25) is 0 Å². The van der Waals surface area contributed by atoms with E-state index in [9.17, 15) is 24.0 Å². The van der Waals surface area contributed by atoms with E-state index in [0.29, 0.717) is 19.3 Å². The van der Waals surface area contributed by atoms with Crippen LogP contribution in [0.25, 0.3) is 0 Å². The van der Waals surface area contributed by atoms with Gasteiger partial charge >= 0.3 is 17.9 Å². The summed E-state index contributed by atoms with van der Waals surface area (Å²) >= 11 is 0. The predicted molar refractivity (Wildman–Crippen MR) is 103 cm³/mol. The van der Waals surface area contributed by atoms with E-state index in [1.54, 1.807) is 6.92 Å². The summed E-state index contributed by atoms with van der Waals surface area (Å²) in [5.74, 6) is -2.44. The molecule has 2 atom stereocenters. The van der Waals surface area contributed by atoms with Crippen LogP contribution in [0.2, 0.25) is 0 Å². The predicted octanol–water partition coefficient (Wildman–Crippen LogP) is 2.36. The van der Waals surface area contributed by atoms with E-state index in [-0.39, 0.29) is 55.2 Å². The Labute approximate surface area is 175 Å².